The van der Waals surface area contributed by atoms with E-state index in [4.69, 9.17) is 4.74 Å². The molecule has 2 rings (SSSR count). The first-order chi connectivity index (χ1) is 14.7. The summed E-state index contributed by atoms with van der Waals surface area (Å²) in [6.07, 6.45) is -3.42. The van der Waals surface area contributed by atoms with Crippen LogP contribution in [0.2, 0.25) is 0 Å². The van der Waals surface area contributed by atoms with Crippen LogP contribution in [0.4, 0.5) is 18.9 Å². The highest BCUT2D eigenvalue weighted by Gasteiger charge is 2.33. The molecule has 0 atom stereocenters. The smallest absolute Gasteiger partial charge is 0.418 e. The van der Waals surface area contributed by atoms with Gasteiger partial charge in [0.25, 0.3) is 5.91 Å². The number of alkyl halides is 3. The summed E-state index contributed by atoms with van der Waals surface area (Å²) in [5.41, 5.74) is 1.04. The minimum absolute atomic E-state index is 0.192. The van der Waals surface area contributed by atoms with Gasteiger partial charge in [-0.15, -0.1) is 0 Å². The molecule has 0 saturated heterocycles. The molecule has 0 aromatic heterocycles. The number of anilines is 1. The molecule has 3 N–H and O–H groups in total. The summed E-state index contributed by atoms with van der Waals surface area (Å²) in [4.78, 5) is 34.9. The van der Waals surface area contributed by atoms with E-state index < -0.39 is 36.1 Å². The van der Waals surface area contributed by atoms with Gasteiger partial charge in [0.2, 0.25) is 0 Å². The Bertz CT molecular complexity index is 977. The Kier molecular flexibility index (Phi) is 8.12. The molecule has 3 amide bonds. The molecule has 164 valence electrons. The summed E-state index contributed by atoms with van der Waals surface area (Å²) < 4.78 is 44.4. The maximum absolute atomic E-state index is 13.0. The lowest BCUT2D eigenvalue weighted by molar-refractivity contribution is -0.139. The number of ether oxygens (including phenoxy) is 1. The molecule has 0 bridgehead atoms. The van der Waals surface area contributed by atoms with Crippen LogP contribution < -0.4 is 20.8 Å². The van der Waals surface area contributed by atoms with E-state index in [0.29, 0.717) is 5.56 Å². The first-order valence-corrected chi connectivity index (χ1v) is 9.01. The van der Waals surface area contributed by atoms with Gasteiger partial charge in [0, 0.05) is 12.1 Å². The Morgan fingerprint density at radius 1 is 1.03 bits per heavy atom. The average Bonchev–Trinajstić information content (AvgIpc) is 2.72. The number of nitrogens with one attached hydrogen (secondary N) is 3. The van der Waals surface area contributed by atoms with E-state index in [1.54, 1.807) is 25.1 Å². The number of benzene rings is 2. The molecule has 8 nitrogen and oxygen atoms in total. The standard InChI is InChI=1S/C20H19F3N4O4/c1-2-24-18(29)19(30)27-25-11-13-7-3-6-10-16(13)31-12-17(28)26-15-9-5-4-8-14(15)20(21,22)23/h3-11H,2,12H2,1H3,(H,24,29)(H,26,28)(H,27,30)/b25-11-. The van der Waals surface area contributed by atoms with Crippen molar-refractivity contribution in [2.75, 3.05) is 18.5 Å². The first-order valence-electron chi connectivity index (χ1n) is 9.01. The van der Waals surface area contributed by atoms with Gasteiger partial charge in [-0.05, 0) is 31.2 Å². The summed E-state index contributed by atoms with van der Waals surface area (Å²) in [6, 6.07) is 10.9. The Hall–Kier alpha value is -3.89. The van der Waals surface area contributed by atoms with E-state index in [-0.39, 0.29) is 18.0 Å². The molecule has 0 heterocycles. The molecular weight excluding hydrogens is 417 g/mol. The summed E-state index contributed by atoms with van der Waals surface area (Å²) in [6.45, 7) is 1.37. The summed E-state index contributed by atoms with van der Waals surface area (Å²) in [7, 11) is 0. The van der Waals surface area contributed by atoms with Gasteiger partial charge in [0.15, 0.2) is 6.61 Å². The predicted molar refractivity (Wildman–Crippen MR) is 106 cm³/mol. The number of hydrogen-bond acceptors (Lipinski definition) is 5. The second-order valence-corrected chi connectivity index (χ2v) is 5.98. The van der Waals surface area contributed by atoms with Crippen molar-refractivity contribution < 1.29 is 32.3 Å². The van der Waals surface area contributed by atoms with Crippen molar-refractivity contribution in [2.24, 2.45) is 5.10 Å². The number of nitrogens with zero attached hydrogens (tertiary/aromatic N) is 1. The van der Waals surface area contributed by atoms with Crippen LogP contribution in [0.1, 0.15) is 18.1 Å². The van der Waals surface area contributed by atoms with E-state index in [0.717, 1.165) is 12.1 Å². The maximum Gasteiger partial charge on any atom is 0.418 e. The minimum Gasteiger partial charge on any atom is -0.483 e. The second-order valence-electron chi connectivity index (χ2n) is 5.98. The van der Waals surface area contributed by atoms with E-state index in [2.05, 4.69) is 15.7 Å². The first kappa shape index (κ1) is 23.4. The number of halogens is 3. The Balaban J connectivity index is 1.99. The molecule has 0 fully saturated rings. The molecule has 0 aliphatic rings. The van der Waals surface area contributed by atoms with Crippen molar-refractivity contribution in [3.63, 3.8) is 0 Å². The Labute approximate surface area is 175 Å². The highest BCUT2D eigenvalue weighted by Crippen LogP contribution is 2.34. The highest BCUT2D eigenvalue weighted by atomic mass is 19.4. The van der Waals surface area contributed by atoms with Crippen molar-refractivity contribution in [3.05, 3.63) is 59.7 Å². The minimum atomic E-state index is -4.62. The fraction of sp³-hybridized carbons (Fsp3) is 0.200. The van der Waals surface area contributed by atoms with Crippen LogP contribution in [0.15, 0.2) is 53.6 Å². The average molecular weight is 436 g/mol. The zero-order valence-corrected chi connectivity index (χ0v) is 16.3. The van der Waals surface area contributed by atoms with Gasteiger partial charge in [-0.2, -0.15) is 18.3 Å². The fourth-order valence-electron chi connectivity index (χ4n) is 2.34. The van der Waals surface area contributed by atoms with Gasteiger partial charge in [0.05, 0.1) is 17.5 Å². The lowest BCUT2D eigenvalue weighted by atomic mass is 10.1. The van der Waals surface area contributed by atoms with E-state index in [9.17, 15) is 27.6 Å². The Morgan fingerprint density at radius 2 is 1.71 bits per heavy atom. The SMILES string of the molecule is CCNC(=O)C(=O)N/N=C\c1ccccc1OCC(=O)Nc1ccccc1C(F)(F)F. The summed E-state index contributed by atoms with van der Waals surface area (Å²) in [5.74, 6) is -2.41. The number of rotatable bonds is 7. The van der Waals surface area contributed by atoms with Crippen LogP contribution in [0.5, 0.6) is 5.75 Å². The number of amides is 3. The predicted octanol–water partition coefficient (Wildman–Crippen LogP) is 2.31. The van der Waals surface area contributed by atoms with Gasteiger partial charge in [0.1, 0.15) is 5.75 Å². The molecule has 11 heteroatoms. The molecule has 0 spiro atoms. The quantitative estimate of drug-likeness (QED) is 0.352. The van der Waals surface area contributed by atoms with Crippen LogP contribution in [-0.4, -0.2) is 37.1 Å². The zero-order valence-electron chi connectivity index (χ0n) is 16.3. The summed E-state index contributed by atoms with van der Waals surface area (Å²) >= 11 is 0. The Morgan fingerprint density at radius 3 is 2.42 bits per heavy atom. The largest absolute Gasteiger partial charge is 0.483 e. The second kappa shape index (κ2) is 10.8. The fourth-order valence-corrected chi connectivity index (χ4v) is 2.34. The van der Waals surface area contributed by atoms with Crippen LogP contribution in [0.3, 0.4) is 0 Å². The number of likely N-dealkylation sites (N-methyl/N-ethyl adjacent to an activating group) is 1. The van der Waals surface area contributed by atoms with E-state index >= 15 is 0 Å². The third kappa shape index (κ3) is 7.14. The van der Waals surface area contributed by atoms with Crippen molar-refractivity contribution in [1.82, 2.24) is 10.7 Å². The van der Waals surface area contributed by atoms with Gasteiger partial charge in [-0.3, -0.25) is 14.4 Å². The van der Waals surface area contributed by atoms with Crippen LogP contribution >= 0.6 is 0 Å². The molecule has 0 radical (unpaired) electrons. The molecule has 2 aromatic carbocycles. The van der Waals surface area contributed by atoms with Gasteiger partial charge < -0.3 is 15.4 Å². The lowest BCUT2D eigenvalue weighted by Crippen LogP contribution is -2.37. The van der Waals surface area contributed by atoms with Crippen molar-refractivity contribution in [2.45, 2.75) is 13.1 Å². The molecule has 0 saturated carbocycles. The third-order valence-electron chi connectivity index (χ3n) is 3.70. The molecule has 0 unspecified atom stereocenters. The third-order valence-corrected chi connectivity index (χ3v) is 3.70. The van der Waals surface area contributed by atoms with Crippen LogP contribution in [-0.2, 0) is 20.6 Å². The number of hydrazone groups is 1. The number of para-hydroxylation sites is 2. The monoisotopic (exact) mass is 436 g/mol. The molecule has 0 aliphatic heterocycles. The van der Waals surface area contributed by atoms with Crippen LogP contribution in [0, 0.1) is 0 Å². The summed E-state index contributed by atoms with van der Waals surface area (Å²) in [5, 5.41) is 8.13. The van der Waals surface area contributed by atoms with Crippen molar-refractivity contribution >= 4 is 29.6 Å². The van der Waals surface area contributed by atoms with Crippen molar-refractivity contribution in [3.8, 4) is 5.75 Å². The maximum atomic E-state index is 13.0. The van der Waals surface area contributed by atoms with Crippen LogP contribution in [0.25, 0.3) is 0 Å². The molecule has 2 aromatic rings. The van der Waals surface area contributed by atoms with Crippen molar-refractivity contribution in [1.29, 1.82) is 0 Å². The lowest BCUT2D eigenvalue weighted by Gasteiger charge is -2.14. The number of carbonyl (C=O) groups excluding carboxylic acids is 3. The highest BCUT2D eigenvalue weighted by molar-refractivity contribution is 6.35. The topological polar surface area (TPSA) is 109 Å². The molecule has 0 aliphatic carbocycles. The van der Waals surface area contributed by atoms with E-state index in [1.807, 2.05) is 5.43 Å². The number of hydrogen-bond donors (Lipinski definition) is 3. The van der Waals surface area contributed by atoms with Gasteiger partial charge in [-0.25, -0.2) is 5.43 Å². The van der Waals surface area contributed by atoms with Gasteiger partial charge in [-0.1, -0.05) is 24.3 Å². The zero-order chi connectivity index (χ0) is 22.9. The number of carbonyl (C=O) groups is 3. The van der Waals surface area contributed by atoms with Gasteiger partial charge >= 0.3 is 18.0 Å². The van der Waals surface area contributed by atoms with E-state index in [1.165, 1.54) is 24.4 Å². The molecule has 31 heavy (non-hydrogen) atoms. The normalized spacial score (nSPS) is 11.1. The molecular formula is C20H19F3N4O4.